The average molecular weight is 472 g/mol. The Morgan fingerprint density at radius 3 is 2.38 bits per heavy atom. The highest BCUT2D eigenvalue weighted by Gasteiger charge is 2.34. The molecule has 0 saturated heterocycles. The number of hydrogen-bond donors (Lipinski definition) is 2. The minimum absolute atomic E-state index is 0.210. The van der Waals surface area contributed by atoms with E-state index in [1.54, 1.807) is 12.1 Å². The number of alkyl halides is 3. The summed E-state index contributed by atoms with van der Waals surface area (Å²) in [6, 6.07) is 13.2. The van der Waals surface area contributed by atoms with Crippen LogP contribution in [0.2, 0.25) is 0 Å². The van der Waals surface area contributed by atoms with Crippen molar-refractivity contribution in [3.05, 3.63) is 94.8 Å². The van der Waals surface area contributed by atoms with Crippen LogP contribution < -0.4 is 15.4 Å². The third kappa shape index (κ3) is 6.00. The highest BCUT2D eigenvalue weighted by atomic mass is 19.4. The average Bonchev–Trinajstić information content (AvgIpc) is 2.78. The highest BCUT2D eigenvalue weighted by Crippen LogP contribution is 2.37. The van der Waals surface area contributed by atoms with Gasteiger partial charge in [0.25, 0.3) is 5.91 Å². The lowest BCUT2D eigenvalue weighted by Crippen LogP contribution is -2.17. The van der Waals surface area contributed by atoms with Gasteiger partial charge < -0.3 is 15.4 Å². The lowest BCUT2D eigenvalue weighted by atomic mass is 10.1. The zero-order chi connectivity index (χ0) is 24.9. The van der Waals surface area contributed by atoms with Crippen LogP contribution in [-0.2, 0) is 11.0 Å². The number of amides is 2. The molecule has 0 aliphatic rings. The van der Waals surface area contributed by atoms with Crippen LogP contribution in [-0.4, -0.2) is 18.9 Å². The van der Waals surface area contributed by atoms with Crippen molar-refractivity contribution in [3.63, 3.8) is 0 Å². The van der Waals surface area contributed by atoms with Gasteiger partial charge in [-0.3, -0.25) is 9.59 Å². The van der Waals surface area contributed by atoms with Crippen LogP contribution in [0, 0.1) is 12.7 Å². The molecule has 3 aromatic carbocycles. The molecule has 0 spiro atoms. The molecule has 0 radical (unpaired) electrons. The first kappa shape index (κ1) is 24.5. The molecule has 2 amide bonds. The van der Waals surface area contributed by atoms with E-state index in [-0.39, 0.29) is 11.3 Å². The number of halogens is 4. The number of aryl methyl sites for hydroxylation is 1. The molecule has 34 heavy (non-hydrogen) atoms. The van der Waals surface area contributed by atoms with Gasteiger partial charge >= 0.3 is 6.18 Å². The number of rotatable bonds is 6. The molecule has 0 aliphatic carbocycles. The zero-order valence-corrected chi connectivity index (χ0v) is 18.2. The smallest absolute Gasteiger partial charge is 0.418 e. The van der Waals surface area contributed by atoms with Crippen LogP contribution in [0.15, 0.2) is 66.7 Å². The second-order valence-corrected chi connectivity index (χ2v) is 7.26. The Hall–Kier alpha value is -4.14. The minimum Gasteiger partial charge on any atom is -0.496 e. The summed E-state index contributed by atoms with van der Waals surface area (Å²) in [5.41, 5.74) is -0.701. The molecular formula is C25H20F4N2O3. The van der Waals surface area contributed by atoms with Crippen LogP contribution in [0.3, 0.4) is 0 Å². The zero-order valence-electron chi connectivity index (χ0n) is 18.2. The number of benzene rings is 3. The van der Waals surface area contributed by atoms with Gasteiger partial charge in [-0.25, -0.2) is 4.39 Å². The lowest BCUT2D eigenvalue weighted by Gasteiger charge is -2.15. The van der Waals surface area contributed by atoms with E-state index in [4.69, 9.17) is 4.74 Å². The number of methoxy groups -OCH3 is 1. The second kappa shape index (κ2) is 10.2. The third-order valence-corrected chi connectivity index (χ3v) is 4.76. The van der Waals surface area contributed by atoms with Gasteiger partial charge in [0.1, 0.15) is 11.6 Å². The van der Waals surface area contributed by atoms with Crippen molar-refractivity contribution in [3.8, 4) is 5.75 Å². The van der Waals surface area contributed by atoms with E-state index < -0.39 is 35.1 Å². The van der Waals surface area contributed by atoms with Gasteiger partial charge in [0.15, 0.2) is 0 Å². The minimum atomic E-state index is -4.83. The molecule has 3 aromatic rings. The van der Waals surface area contributed by atoms with Crippen LogP contribution >= 0.6 is 0 Å². The first-order valence-corrected chi connectivity index (χ1v) is 9.99. The quantitative estimate of drug-likeness (QED) is 0.338. The summed E-state index contributed by atoms with van der Waals surface area (Å²) < 4.78 is 59.9. The molecule has 5 nitrogen and oxygen atoms in total. The number of nitrogens with one attached hydrogen (secondary N) is 2. The number of anilines is 2. The Kier molecular flexibility index (Phi) is 7.35. The lowest BCUT2D eigenvalue weighted by molar-refractivity contribution is -0.136. The summed E-state index contributed by atoms with van der Waals surface area (Å²) >= 11 is 0. The highest BCUT2D eigenvalue weighted by molar-refractivity contribution is 6.05. The molecule has 2 N–H and O–H groups in total. The number of carbonyl (C=O) groups excluding carboxylic acids is 2. The topological polar surface area (TPSA) is 67.4 Å². The van der Waals surface area contributed by atoms with Crippen molar-refractivity contribution in [1.29, 1.82) is 0 Å². The van der Waals surface area contributed by atoms with E-state index in [1.165, 1.54) is 37.5 Å². The largest absolute Gasteiger partial charge is 0.496 e. The van der Waals surface area contributed by atoms with Gasteiger partial charge in [0.05, 0.1) is 23.9 Å². The fourth-order valence-corrected chi connectivity index (χ4v) is 3.13. The maximum absolute atomic E-state index is 13.8. The Labute approximate surface area is 193 Å². The molecule has 0 aromatic heterocycles. The SMILES string of the molecule is COc1ccc(C)cc1/C=C/C(=O)Nc1ccc(NC(=O)c2ccccc2F)cc1C(F)(F)F. The summed E-state index contributed by atoms with van der Waals surface area (Å²) in [5.74, 6) is -2.01. The Balaban J connectivity index is 1.82. The van der Waals surface area contributed by atoms with Crippen LogP contribution in [0.25, 0.3) is 6.08 Å². The maximum atomic E-state index is 13.8. The fraction of sp³-hybridized carbons (Fsp3) is 0.120. The fourth-order valence-electron chi connectivity index (χ4n) is 3.13. The monoisotopic (exact) mass is 472 g/mol. The van der Waals surface area contributed by atoms with Gasteiger partial charge in [0, 0.05) is 17.3 Å². The number of hydrogen-bond acceptors (Lipinski definition) is 3. The molecular weight excluding hydrogens is 452 g/mol. The molecule has 3 rings (SSSR count). The van der Waals surface area contributed by atoms with E-state index in [0.717, 1.165) is 23.8 Å². The predicted molar refractivity (Wildman–Crippen MR) is 121 cm³/mol. The summed E-state index contributed by atoms with van der Waals surface area (Å²) in [6.45, 7) is 1.85. The number of ether oxygens (including phenoxy) is 1. The van der Waals surface area contributed by atoms with Crippen molar-refractivity contribution in [1.82, 2.24) is 0 Å². The summed E-state index contributed by atoms with van der Waals surface area (Å²) in [7, 11) is 1.46. The standard InChI is InChI=1S/C25H20F4N2O3/c1-15-7-11-22(34-2)16(13-15)8-12-23(32)31-21-10-9-17(14-19(21)25(27,28)29)30-24(33)18-5-3-4-6-20(18)26/h3-14H,1-2H3,(H,30,33)(H,31,32)/b12-8+. The molecule has 0 saturated carbocycles. The molecule has 9 heteroatoms. The first-order chi connectivity index (χ1) is 16.1. The van der Waals surface area contributed by atoms with Crippen molar-refractivity contribution in [2.24, 2.45) is 0 Å². The molecule has 0 aliphatic heterocycles. The van der Waals surface area contributed by atoms with E-state index in [9.17, 15) is 27.2 Å². The van der Waals surface area contributed by atoms with E-state index >= 15 is 0 Å². The Morgan fingerprint density at radius 1 is 0.971 bits per heavy atom. The molecule has 176 valence electrons. The second-order valence-electron chi connectivity index (χ2n) is 7.26. The molecule has 0 unspecified atom stereocenters. The molecule has 0 bridgehead atoms. The third-order valence-electron chi connectivity index (χ3n) is 4.76. The van der Waals surface area contributed by atoms with Gasteiger partial charge in [-0.1, -0.05) is 23.8 Å². The van der Waals surface area contributed by atoms with Gasteiger partial charge in [-0.15, -0.1) is 0 Å². The van der Waals surface area contributed by atoms with E-state index in [1.807, 2.05) is 13.0 Å². The maximum Gasteiger partial charge on any atom is 0.418 e. The summed E-state index contributed by atoms with van der Waals surface area (Å²) in [5, 5.41) is 4.44. The first-order valence-electron chi connectivity index (χ1n) is 9.99. The van der Waals surface area contributed by atoms with Crippen molar-refractivity contribution in [2.45, 2.75) is 13.1 Å². The number of carbonyl (C=O) groups is 2. The van der Waals surface area contributed by atoms with Crippen molar-refractivity contribution < 1.29 is 31.9 Å². The van der Waals surface area contributed by atoms with E-state index in [0.29, 0.717) is 17.4 Å². The normalized spacial score (nSPS) is 11.4. The van der Waals surface area contributed by atoms with E-state index in [2.05, 4.69) is 10.6 Å². The van der Waals surface area contributed by atoms with Gasteiger partial charge in [-0.2, -0.15) is 13.2 Å². The van der Waals surface area contributed by atoms with Crippen LogP contribution in [0.4, 0.5) is 28.9 Å². The van der Waals surface area contributed by atoms with Crippen molar-refractivity contribution in [2.75, 3.05) is 17.7 Å². The van der Waals surface area contributed by atoms with Gasteiger partial charge in [-0.05, 0) is 55.5 Å². The van der Waals surface area contributed by atoms with Crippen molar-refractivity contribution >= 4 is 29.3 Å². The summed E-state index contributed by atoms with van der Waals surface area (Å²) in [4.78, 5) is 24.6. The molecule has 0 atom stereocenters. The van der Waals surface area contributed by atoms with Gasteiger partial charge in [0.2, 0.25) is 5.91 Å². The Morgan fingerprint density at radius 2 is 1.71 bits per heavy atom. The Bertz CT molecular complexity index is 1250. The summed E-state index contributed by atoms with van der Waals surface area (Å²) in [6.07, 6.45) is -2.31. The van der Waals surface area contributed by atoms with Crippen LogP contribution in [0.5, 0.6) is 5.75 Å². The molecule has 0 heterocycles. The van der Waals surface area contributed by atoms with Crippen LogP contribution in [0.1, 0.15) is 27.0 Å². The predicted octanol–water partition coefficient (Wildman–Crippen LogP) is 6.07. The molecule has 0 fully saturated rings.